The lowest BCUT2D eigenvalue weighted by molar-refractivity contribution is 0.415. The Hall–Kier alpha value is -3.22. The standard InChI is InChI=1S/C15H13N5O2/c1-22-12-6-4-11(5-7-12)17-19-14-13(18-20-15(14)21)10-3-2-8-16-9-10/h2-9H,1H3,(H2,18,20,21). The van der Waals surface area contributed by atoms with Gasteiger partial charge in [-0.15, -0.1) is 5.11 Å². The van der Waals surface area contributed by atoms with Gasteiger partial charge in [-0.3, -0.25) is 20.0 Å². The molecular weight excluding hydrogens is 282 g/mol. The van der Waals surface area contributed by atoms with Crippen molar-refractivity contribution in [3.63, 3.8) is 0 Å². The van der Waals surface area contributed by atoms with E-state index < -0.39 is 0 Å². The number of rotatable bonds is 4. The molecule has 7 heteroatoms. The summed E-state index contributed by atoms with van der Waals surface area (Å²) in [5.41, 5.74) is 1.80. The molecule has 0 spiro atoms. The molecule has 1 aromatic carbocycles. The molecule has 0 saturated heterocycles. The van der Waals surface area contributed by atoms with Gasteiger partial charge in [0.15, 0.2) is 5.69 Å². The van der Waals surface area contributed by atoms with Crippen molar-refractivity contribution in [2.24, 2.45) is 10.2 Å². The molecule has 110 valence electrons. The Morgan fingerprint density at radius 3 is 2.59 bits per heavy atom. The van der Waals surface area contributed by atoms with E-state index in [4.69, 9.17) is 4.74 Å². The Kier molecular flexibility index (Phi) is 3.78. The summed E-state index contributed by atoms with van der Waals surface area (Å²) in [6.07, 6.45) is 3.30. The second-order valence-electron chi connectivity index (χ2n) is 4.44. The van der Waals surface area contributed by atoms with Crippen molar-refractivity contribution in [3.05, 3.63) is 59.1 Å². The van der Waals surface area contributed by atoms with E-state index >= 15 is 0 Å². The molecule has 2 aromatic heterocycles. The second kappa shape index (κ2) is 6.04. The summed E-state index contributed by atoms with van der Waals surface area (Å²) >= 11 is 0. The van der Waals surface area contributed by atoms with Gasteiger partial charge in [0.2, 0.25) is 0 Å². The number of ether oxygens (including phenoxy) is 1. The first-order valence-corrected chi connectivity index (χ1v) is 6.55. The second-order valence-corrected chi connectivity index (χ2v) is 4.44. The first kappa shape index (κ1) is 13.7. The summed E-state index contributed by atoms with van der Waals surface area (Å²) in [5.74, 6) is 0.731. The van der Waals surface area contributed by atoms with E-state index in [1.54, 1.807) is 49.8 Å². The van der Waals surface area contributed by atoms with Gasteiger partial charge in [-0.2, -0.15) is 5.11 Å². The third-order valence-corrected chi connectivity index (χ3v) is 3.04. The topological polar surface area (TPSA) is 95.5 Å². The number of nitrogens with zero attached hydrogens (tertiary/aromatic N) is 3. The third kappa shape index (κ3) is 2.78. The van der Waals surface area contributed by atoms with Gasteiger partial charge in [0.05, 0.1) is 18.5 Å². The zero-order chi connectivity index (χ0) is 15.4. The van der Waals surface area contributed by atoms with E-state index in [1.807, 2.05) is 6.07 Å². The van der Waals surface area contributed by atoms with Gasteiger partial charge in [0.25, 0.3) is 5.56 Å². The molecule has 0 bridgehead atoms. The summed E-state index contributed by atoms with van der Waals surface area (Å²) in [4.78, 5) is 15.9. The summed E-state index contributed by atoms with van der Waals surface area (Å²) in [6, 6.07) is 10.7. The number of azo groups is 1. The summed E-state index contributed by atoms with van der Waals surface area (Å²) < 4.78 is 5.08. The van der Waals surface area contributed by atoms with Crippen molar-refractivity contribution in [1.29, 1.82) is 0 Å². The summed E-state index contributed by atoms with van der Waals surface area (Å²) in [7, 11) is 1.59. The SMILES string of the molecule is COc1ccc(N=Nc2c(-c3cccnc3)[nH][nH]c2=O)cc1. The van der Waals surface area contributed by atoms with Crippen LogP contribution in [0.2, 0.25) is 0 Å². The van der Waals surface area contributed by atoms with Crippen LogP contribution in [0.25, 0.3) is 11.3 Å². The summed E-state index contributed by atoms with van der Waals surface area (Å²) in [5, 5.41) is 13.4. The average molecular weight is 295 g/mol. The van der Waals surface area contributed by atoms with E-state index in [9.17, 15) is 4.79 Å². The highest BCUT2D eigenvalue weighted by Crippen LogP contribution is 2.26. The predicted octanol–water partition coefficient (Wildman–Crippen LogP) is 3.19. The molecule has 0 aliphatic carbocycles. The van der Waals surface area contributed by atoms with Gasteiger partial charge < -0.3 is 4.74 Å². The highest BCUT2D eigenvalue weighted by Gasteiger charge is 2.11. The highest BCUT2D eigenvalue weighted by molar-refractivity contribution is 5.70. The molecule has 2 heterocycles. The van der Waals surface area contributed by atoms with Crippen molar-refractivity contribution in [1.82, 2.24) is 15.2 Å². The van der Waals surface area contributed by atoms with Crippen molar-refractivity contribution in [2.75, 3.05) is 7.11 Å². The maximum atomic E-state index is 11.9. The minimum atomic E-state index is -0.337. The first-order valence-electron chi connectivity index (χ1n) is 6.55. The largest absolute Gasteiger partial charge is 0.497 e. The van der Waals surface area contributed by atoms with E-state index in [0.717, 1.165) is 11.3 Å². The minimum absolute atomic E-state index is 0.212. The number of benzene rings is 1. The van der Waals surface area contributed by atoms with Gasteiger partial charge in [0.1, 0.15) is 5.75 Å². The molecule has 0 saturated carbocycles. The Morgan fingerprint density at radius 1 is 1.09 bits per heavy atom. The maximum absolute atomic E-state index is 11.9. The molecule has 0 atom stereocenters. The molecule has 7 nitrogen and oxygen atoms in total. The number of methoxy groups -OCH3 is 1. The van der Waals surface area contributed by atoms with E-state index in [1.165, 1.54) is 0 Å². The Bertz CT molecular complexity index is 834. The minimum Gasteiger partial charge on any atom is -0.497 e. The normalized spacial score (nSPS) is 11.0. The average Bonchev–Trinajstić information content (AvgIpc) is 2.95. The van der Waals surface area contributed by atoms with Crippen molar-refractivity contribution in [3.8, 4) is 17.0 Å². The lowest BCUT2D eigenvalue weighted by atomic mass is 10.2. The number of nitrogens with one attached hydrogen (secondary N) is 2. The monoisotopic (exact) mass is 295 g/mol. The molecule has 2 N–H and O–H groups in total. The van der Waals surface area contributed by atoms with Crippen LogP contribution in [0.3, 0.4) is 0 Å². The Balaban J connectivity index is 1.93. The van der Waals surface area contributed by atoms with Crippen LogP contribution >= 0.6 is 0 Å². The van der Waals surface area contributed by atoms with Gasteiger partial charge in [-0.05, 0) is 36.4 Å². The summed E-state index contributed by atoms with van der Waals surface area (Å²) in [6.45, 7) is 0. The lowest BCUT2D eigenvalue weighted by Crippen LogP contribution is -1.96. The predicted molar refractivity (Wildman–Crippen MR) is 81.8 cm³/mol. The number of hydrogen-bond donors (Lipinski definition) is 2. The molecule has 3 aromatic rings. The van der Waals surface area contributed by atoms with E-state index in [2.05, 4.69) is 25.4 Å². The molecule has 0 aliphatic rings. The molecular formula is C15H13N5O2. The van der Waals surface area contributed by atoms with Crippen LogP contribution in [0.15, 0.2) is 63.8 Å². The molecule has 0 amide bonds. The van der Waals surface area contributed by atoms with E-state index in [0.29, 0.717) is 11.4 Å². The Morgan fingerprint density at radius 2 is 1.91 bits per heavy atom. The van der Waals surface area contributed by atoms with Gasteiger partial charge >= 0.3 is 0 Å². The van der Waals surface area contributed by atoms with Crippen LogP contribution in [-0.2, 0) is 0 Å². The van der Waals surface area contributed by atoms with E-state index in [-0.39, 0.29) is 11.2 Å². The quantitative estimate of drug-likeness (QED) is 0.723. The van der Waals surface area contributed by atoms with Gasteiger partial charge in [0, 0.05) is 18.0 Å². The number of hydrogen-bond acceptors (Lipinski definition) is 5. The van der Waals surface area contributed by atoms with Gasteiger partial charge in [-0.25, -0.2) is 0 Å². The first-order chi connectivity index (χ1) is 10.8. The molecule has 0 unspecified atom stereocenters. The molecule has 3 rings (SSSR count). The lowest BCUT2D eigenvalue weighted by Gasteiger charge is -1.99. The van der Waals surface area contributed by atoms with Gasteiger partial charge in [-0.1, -0.05) is 0 Å². The van der Waals surface area contributed by atoms with Crippen LogP contribution in [-0.4, -0.2) is 22.3 Å². The number of H-pyrrole nitrogens is 2. The third-order valence-electron chi connectivity index (χ3n) is 3.04. The zero-order valence-corrected chi connectivity index (χ0v) is 11.8. The maximum Gasteiger partial charge on any atom is 0.292 e. The molecule has 22 heavy (non-hydrogen) atoms. The Labute approximate surface area is 125 Å². The van der Waals surface area contributed by atoms with Crippen LogP contribution in [0, 0.1) is 0 Å². The van der Waals surface area contributed by atoms with Crippen LogP contribution < -0.4 is 10.3 Å². The van der Waals surface area contributed by atoms with Crippen LogP contribution in [0.1, 0.15) is 0 Å². The van der Waals surface area contributed by atoms with Crippen molar-refractivity contribution < 1.29 is 4.74 Å². The fraction of sp³-hybridized carbons (Fsp3) is 0.0667. The molecule has 0 radical (unpaired) electrons. The zero-order valence-electron chi connectivity index (χ0n) is 11.8. The van der Waals surface area contributed by atoms with Crippen molar-refractivity contribution in [2.45, 2.75) is 0 Å². The fourth-order valence-electron chi connectivity index (χ4n) is 1.92. The number of aromatic nitrogens is 3. The van der Waals surface area contributed by atoms with Crippen LogP contribution in [0.4, 0.5) is 11.4 Å². The number of aromatic amines is 2. The number of pyridine rings is 1. The van der Waals surface area contributed by atoms with Crippen LogP contribution in [0.5, 0.6) is 5.75 Å². The van der Waals surface area contributed by atoms with Crippen molar-refractivity contribution >= 4 is 11.4 Å². The molecule has 0 fully saturated rings. The molecule has 0 aliphatic heterocycles. The smallest absolute Gasteiger partial charge is 0.292 e. The fourth-order valence-corrected chi connectivity index (χ4v) is 1.92. The highest BCUT2D eigenvalue weighted by atomic mass is 16.5.